The van der Waals surface area contributed by atoms with Crippen LogP contribution in [0, 0.1) is 10.1 Å². The zero-order valence-electron chi connectivity index (χ0n) is 7.66. The third-order valence-corrected chi connectivity index (χ3v) is 2.66. The molecule has 15 heavy (non-hydrogen) atoms. The van der Waals surface area contributed by atoms with Gasteiger partial charge in [-0.25, -0.2) is 0 Å². The van der Waals surface area contributed by atoms with E-state index in [1.165, 1.54) is 6.07 Å². The van der Waals surface area contributed by atoms with Crippen LogP contribution >= 0.6 is 11.8 Å². The Kier molecular flexibility index (Phi) is 3.92. The lowest BCUT2D eigenvalue weighted by Crippen LogP contribution is -2.14. The van der Waals surface area contributed by atoms with Crippen LogP contribution in [0.15, 0.2) is 34.3 Å². The van der Waals surface area contributed by atoms with E-state index in [4.69, 9.17) is 10.9 Å². The number of hydrogen-bond acceptors (Lipinski definition) is 5. The molecule has 0 aliphatic rings. The van der Waals surface area contributed by atoms with Gasteiger partial charge >= 0.3 is 0 Å². The Balaban J connectivity index is 2.80. The molecular formula is C8H9N3O3S. The molecule has 7 heteroatoms. The van der Waals surface area contributed by atoms with Gasteiger partial charge < -0.3 is 10.9 Å². The minimum atomic E-state index is -0.464. The van der Waals surface area contributed by atoms with Crippen molar-refractivity contribution in [3.8, 4) is 0 Å². The Morgan fingerprint density at radius 1 is 1.60 bits per heavy atom. The monoisotopic (exact) mass is 227 g/mol. The first-order chi connectivity index (χ1) is 7.15. The van der Waals surface area contributed by atoms with Gasteiger partial charge in [-0.05, 0) is 6.07 Å². The summed E-state index contributed by atoms with van der Waals surface area (Å²) in [6.07, 6.45) is 0. The van der Waals surface area contributed by atoms with E-state index in [-0.39, 0.29) is 17.3 Å². The van der Waals surface area contributed by atoms with Gasteiger partial charge in [-0.2, -0.15) is 0 Å². The lowest BCUT2D eigenvalue weighted by Gasteiger charge is -2.00. The number of oxime groups is 1. The van der Waals surface area contributed by atoms with Gasteiger partial charge in [-0.3, -0.25) is 10.1 Å². The van der Waals surface area contributed by atoms with Gasteiger partial charge in [-0.1, -0.05) is 17.3 Å². The Labute approximate surface area is 89.9 Å². The number of amidine groups is 1. The fourth-order valence-electron chi connectivity index (χ4n) is 0.911. The number of rotatable bonds is 4. The predicted molar refractivity (Wildman–Crippen MR) is 57.2 cm³/mol. The van der Waals surface area contributed by atoms with Crippen molar-refractivity contribution in [2.75, 3.05) is 5.75 Å². The molecular weight excluding hydrogens is 218 g/mol. The van der Waals surface area contributed by atoms with E-state index >= 15 is 0 Å². The molecule has 1 aromatic rings. The van der Waals surface area contributed by atoms with Crippen LogP contribution in [0.5, 0.6) is 0 Å². The van der Waals surface area contributed by atoms with E-state index < -0.39 is 4.92 Å². The second-order valence-corrected chi connectivity index (χ2v) is 3.62. The third-order valence-electron chi connectivity index (χ3n) is 1.57. The standard InChI is InChI=1S/C8H9N3O3S/c9-8(10-12)5-15-7-4-2-1-3-6(7)11(13)14/h1-4,12H,5H2,(H2,9,10). The summed E-state index contributed by atoms with van der Waals surface area (Å²) in [5.74, 6) is 0.236. The highest BCUT2D eigenvalue weighted by Crippen LogP contribution is 2.28. The van der Waals surface area contributed by atoms with Crippen LogP contribution in [0.3, 0.4) is 0 Å². The minimum Gasteiger partial charge on any atom is -0.409 e. The van der Waals surface area contributed by atoms with Gasteiger partial charge in [0.15, 0.2) is 0 Å². The smallest absolute Gasteiger partial charge is 0.282 e. The molecule has 0 saturated carbocycles. The number of thioether (sulfide) groups is 1. The minimum absolute atomic E-state index is 0.0215. The highest BCUT2D eigenvalue weighted by molar-refractivity contribution is 8.00. The number of hydrogen-bond donors (Lipinski definition) is 2. The first kappa shape index (κ1) is 11.3. The molecule has 3 N–H and O–H groups in total. The van der Waals surface area contributed by atoms with E-state index in [0.29, 0.717) is 4.90 Å². The molecule has 6 nitrogen and oxygen atoms in total. The van der Waals surface area contributed by atoms with E-state index in [1.807, 2.05) is 0 Å². The number of nitro groups is 1. The van der Waals surface area contributed by atoms with Crippen LogP contribution in [-0.2, 0) is 0 Å². The maximum atomic E-state index is 10.6. The molecule has 80 valence electrons. The van der Waals surface area contributed by atoms with E-state index in [2.05, 4.69) is 5.16 Å². The number of para-hydroxylation sites is 1. The first-order valence-electron chi connectivity index (χ1n) is 3.97. The van der Waals surface area contributed by atoms with E-state index in [1.54, 1.807) is 18.2 Å². The molecule has 0 atom stereocenters. The Hall–Kier alpha value is -1.76. The fourth-order valence-corrected chi connectivity index (χ4v) is 1.74. The average Bonchev–Trinajstić information content (AvgIpc) is 2.26. The summed E-state index contributed by atoms with van der Waals surface area (Å²) in [6, 6.07) is 6.31. The predicted octanol–water partition coefficient (Wildman–Crippen LogP) is 1.43. The van der Waals surface area contributed by atoms with Crippen molar-refractivity contribution in [2.24, 2.45) is 10.9 Å². The van der Waals surface area contributed by atoms with Gasteiger partial charge in [0, 0.05) is 6.07 Å². The maximum Gasteiger partial charge on any atom is 0.282 e. The van der Waals surface area contributed by atoms with E-state index in [0.717, 1.165) is 11.8 Å². The second-order valence-electron chi connectivity index (χ2n) is 2.60. The second kappa shape index (κ2) is 5.20. The van der Waals surface area contributed by atoms with Crippen LogP contribution in [-0.4, -0.2) is 21.7 Å². The number of nitrogens with zero attached hydrogens (tertiary/aromatic N) is 2. The molecule has 0 spiro atoms. The van der Waals surface area contributed by atoms with Crippen LogP contribution < -0.4 is 5.73 Å². The van der Waals surface area contributed by atoms with Gasteiger partial charge in [0.1, 0.15) is 5.84 Å². The van der Waals surface area contributed by atoms with Crippen molar-refractivity contribution >= 4 is 23.3 Å². The molecule has 0 amide bonds. The van der Waals surface area contributed by atoms with Crippen molar-refractivity contribution in [3.63, 3.8) is 0 Å². The quantitative estimate of drug-likeness (QED) is 0.202. The molecule has 0 heterocycles. The Morgan fingerprint density at radius 3 is 2.87 bits per heavy atom. The Morgan fingerprint density at radius 2 is 2.27 bits per heavy atom. The van der Waals surface area contributed by atoms with Crippen LogP contribution in [0.4, 0.5) is 5.69 Å². The lowest BCUT2D eigenvalue weighted by atomic mass is 10.3. The molecule has 0 aliphatic heterocycles. The molecule has 0 bridgehead atoms. The highest BCUT2D eigenvalue weighted by Gasteiger charge is 2.12. The summed E-state index contributed by atoms with van der Waals surface area (Å²) in [6.45, 7) is 0. The van der Waals surface area contributed by atoms with Crippen molar-refractivity contribution in [1.82, 2.24) is 0 Å². The van der Waals surface area contributed by atoms with Crippen LogP contribution in [0.2, 0.25) is 0 Å². The number of nitrogens with two attached hydrogens (primary N) is 1. The molecule has 0 fully saturated rings. The number of benzene rings is 1. The summed E-state index contributed by atoms with van der Waals surface area (Å²) in [5.41, 5.74) is 5.28. The fraction of sp³-hybridized carbons (Fsp3) is 0.125. The average molecular weight is 227 g/mol. The summed E-state index contributed by atoms with van der Waals surface area (Å²) < 4.78 is 0. The van der Waals surface area contributed by atoms with Crippen LogP contribution in [0.25, 0.3) is 0 Å². The van der Waals surface area contributed by atoms with E-state index in [9.17, 15) is 10.1 Å². The third kappa shape index (κ3) is 3.13. The largest absolute Gasteiger partial charge is 0.409 e. The van der Waals surface area contributed by atoms with Gasteiger partial charge in [0.25, 0.3) is 5.69 Å². The normalized spacial score (nSPS) is 11.3. The van der Waals surface area contributed by atoms with Crippen molar-refractivity contribution in [3.05, 3.63) is 34.4 Å². The molecule has 0 unspecified atom stereocenters. The lowest BCUT2D eigenvalue weighted by molar-refractivity contribution is -0.387. The van der Waals surface area contributed by atoms with Gasteiger partial charge in [-0.15, -0.1) is 11.8 Å². The molecule has 1 aromatic carbocycles. The van der Waals surface area contributed by atoms with Gasteiger partial charge in [0.05, 0.1) is 15.6 Å². The summed E-state index contributed by atoms with van der Waals surface area (Å²) >= 11 is 1.15. The highest BCUT2D eigenvalue weighted by atomic mass is 32.2. The molecule has 0 radical (unpaired) electrons. The van der Waals surface area contributed by atoms with Crippen LogP contribution in [0.1, 0.15) is 0 Å². The van der Waals surface area contributed by atoms with Crippen molar-refractivity contribution in [2.45, 2.75) is 4.90 Å². The zero-order valence-corrected chi connectivity index (χ0v) is 8.48. The molecule has 1 rings (SSSR count). The maximum absolute atomic E-state index is 10.6. The Bertz CT molecular complexity index is 394. The first-order valence-corrected chi connectivity index (χ1v) is 4.96. The summed E-state index contributed by atoms with van der Waals surface area (Å²) in [4.78, 5) is 10.6. The van der Waals surface area contributed by atoms with Crippen molar-refractivity contribution in [1.29, 1.82) is 0 Å². The zero-order chi connectivity index (χ0) is 11.3. The van der Waals surface area contributed by atoms with Gasteiger partial charge in [0.2, 0.25) is 0 Å². The topological polar surface area (TPSA) is 102 Å². The summed E-state index contributed by atoms with van der Waals surface area (Å²) in [7, 11) is 0. The molecule has 0 saturated heterocycles. The van der Waals surface area contributed by atoms with Crippen molar-refractivity contribution < 1.29 is 10.1 Å². The molecule has 0 aliphatic carbocycles. The number of nitro benzene ring substituents is 1. The SMILES string of the molecule is N/C(CSc1ccccc1[N+](=O)[O-])=N\O. The molecule has 0 aromatic heterocycles. The summed E-state index contributed by atoms with van der Waals surface area (Å²) in [5, 5.41) is 21.7.